The van der Waals surface area contributed by atoms with Gasteiger partial charge in [0.25, 0.3) is 11.8 Å². The van der Waals surface area contributed by atoms with Crippen LogP contribution in [-0.2, 0) is 38.4 Å². The van der Waals surface area contributed by atoms with Crippen LogP contribution in [0.5, 0.6) is 0 Å². The first-order valence-electron chi connectivity index (χ1n) is 18.2. The molecule has 0 bridgehead atoms. The van der Waals surface area contributed by atoms with Gasteiger partial charge >= 0.3 is 5.97 Å². The van der Waals surface area contributed by atoms with E-state index < -0.39 is 47.7 Å². The Kier molecular flexibility index (Phi) is 18.4. The van der Waals surface area contributed by atoms with Crippen molar-refractivity contribution in [3.8, 4) is 0 Å². The largest absolute Gasteiger partial charge is 0.354 e. The second kappa shape index (κ2) is 21.6. The molecule has 2 heterocycles. The fraction of sp³-hybridized carbons (Fsp3) is 0.800. The van der Waals surface area contributed by atoms with Gasteiger partial charge in [0.2, 0.25) is 23.6 Å². The quantitative estimate of drug-likeness (QED) is 0.0995. The minimum absolute atomic E-state index is 0.0258. The van der Waals surface area contributed by atoms with Crippen LogP contribution in [-0.4, -0.2) is 121 Å². The molecule has 2 rings (SSSR count). The summed E-state index contributed by atoms with van der Waals surface area (Å²) in [5, 5.41) is 12.0. The van der Waals surface area contributed by atoms with E-state index in [0.717, 1.165) is 26.2 Å². The molecular weight excluding hydrogens is 646 g/mol. The molecule has 0 spiro atoms. The van der Waals surface area contributed by atoms with E-state index in [1.807, 2.05) is 48.6 Å². The number of rotatable bonds is 21. The van der Waals surface area contributed by atoms with Crippen molar-refractivity contribution >= 4 is 41.4 Å². The van der Waals surface area contributed by atoms with Gasteiger partial charge in [-0.1, -0.05) is 48.0 Å². The van der Waals surface area contributed by atoms with Gasteiger partial charge in [-0.25, -0.2) is 4.79 Å². The summed E-state index contributed by atoms with van der Waals surface area (Å²) in [5.74, 6) is -2.92. The predicted octanol–water partition coefficient (Wildman–Crippen LogP) is 1.11. The van der Waals surface area contributed by atoms with Gasteiger partial charge < -0.3 is 31.0 Å². The Balaban J connectivity index is 1.92. The first kappa shape index (κ1) is 42.6. The average Bonchev–Trinajstić information content (AvgIpc) is 3.34. The number of imide groups is 1. The smallest absolute Gasteiger partial charge is 0.333 e. The average molecular weight is 708 g/mol. The fourth-order valence-electron chi connectivity index (χ4n) is 5.81. The van der Waals surface area contributed by atoms with E-state index >= 15 is 0 Å². The number of hydrogen-bond acceptors (Lipinski definition) is 10. The Morgan fingerprint density at radius 3 is 1.64 bits per heavy atom. The lowest BCUT2D eigenvalue weighted by Gasteiger charge is -2.32. The van der Waals surface area contributed by atoms with Gasteiger partial charge in [0.15, 0.2) is 0 Å². The minimum Gasteiger partial charge on any atom is -0.354 e. The molecule has 15 heteroatoms. The fourth-order valence-corrected chi connectivity index (χ4v) is 5.81. The van der Waals surface area contributed by atoms with Crippen LogP contribution in [0.3, 0.4) is 0 Å². The van der Waals surface area contributed by atoms with Crippen LogP contribution in [0.15, 0.2) is 0 Å². The molecule has 0 aromatic heterocycles. The summed E-state index contributed by atoms with van der Waals surface area (Å²) < 4.78 is 0. The molecule has 4 N–H and O–H groups in total. The third-order valence-corrected chi connectivity index (χ3v) is 8.56. The van der Waals surface area contributed by atoms with Crippen LogP contribution in [0.2, 0.25) is 0 Å². The molecule has 3 unspecified atom stereocenters. The van der Waals surface area contributed by atoms with Crippen LogP contribution in [0.1, 0.15) is 99.3 Å². The van der Waals surface area contributed by atoms with Crippen molar-refractivity contribution in [1.82, 2.24) is 36.1 Å². The Bertz CT molecular complexity index is 1150. The summed E-state index contributed by atoms with van der Waals surface area (Å²) >= 11 is 0. The molecule has 50 heavy (non-hydrogen) atoms. The SMILES string of the molecule is CC(C)CC(NC(=O)CN1CCN(C)CC1)C(=O)NC(CC(C)C)C(=O)NC(CC(C)C)C(=O)NCCCCCC(=O)ON1C(=O)CCC1=O. The summed E-state index contributed by atoms with van der Waals surface area (Å²) in [6.07, 6.45) is 2.84. The van der Waals surface area contributed by atoms with E-state index in [1.165, 1.54) is 0 Å². The van der Waals surface area contributed by atoms with Crippen LogP contribution in [0, 0.1) is 17.8 Å². The number of hydrogen-bond donors (Lipinski definition) is 4. The Morgan fingerprint density at radius 1 is 0.660 bits per heavy atom. The summed E-state index contributed by atoms with van der Waals surface area (Å²) in [4.78, 5) is 97.7. The van der Waals surface area contributed by atoms with Crippen molar-refractivity contribution in [3.05, 3.63) is 0 Å². The van der Waals surface area contributed by atoms with Crippen molar-refractivity contribution in [2.24, 2.45) is 17.8 Å². The summed E-state index contributed by atoms with van der Waals surface area (Å²) in [7, 11) is 2.04. The second-order valence-corrected chi connectivity index (χ2v) is 14.9. The highest BCUT2D eigenvalue weighted by atomic mass is 16.7. The highest BCUT2D eigenvalue weighted by molar-refractivity contribution is 6.01. The van der Waals surface area contributed by atoms with Gasteiger partial charge in [-0.3, -0.25) is 33.7 Å². The van der Waals surface area contributed by atoms with Crippen molar-refractivity contribution in [1.29, 1.82) is 0 Å². The number of amides is 6. The maximum atomic E-state index is 13.6. The van der Waals surface area contributed by atoms with Gasteiger partial charge in [-0.2, -0.15) is 0 Å². The molecule has 0 aliphatic carbocycles. The third-order valence-electron chi connectivity index (χ3n) is 8.56. The molecule has 2 aliphatic heterocycles. The number of unbranched alkanes of at least 4 members (excludes halogenated alkanes) is 2. The zero-order valence-electron chi connectivity index (χ0n) is 31.2. The van der Waals surface area contributed by atoms with E-state index in [1.54, 1.807) is 0 Å². The van der Waals surface area contributed by atoms with Crippen molar-refractivity contribution < 1.29 is 38.4 Å². The topological polar surface area (TPSA) is 187 Å². The maximum absolute atomic E-state index is 13.6. The maximum Gasteiger partial charge on any atom is 0.333 e. The molecule has 15 nitrogen and oxygen atoms in total. The van der Waals surface area contributed by atoms with Gasteiger partial charge in [-0.15, -0.1) is 5.06 Å². The number of carbonyl (C=O) groups is 7. The van der Waals surface area contributed by atoms with E-state index in [9.17, 15) is 33.6 Å². The third kappa shape index (κ3) is 16.0. The number of carbonyl (C=O) groups excluding carboxylic acids is 7. The molecule has 2 fully saturated rings. The molecule has 2 saturated heterocycles. The number of nitrogens with one attached hydrogen (secondary N) is 4. The van der Waals surface area contributed by atoms with E-state index in [2.05, 4.69) is 31.1 Å². The molecule has 6 amide bonds. The van der Waals surface area contributed by atoms with Crippen LogP contribution >= 0.6 is 0 Å². The van der Waals surface area contributed by atoms with Crippen molar-refractivity contribution in [2.75, 3.05) is 46.3 Å². The lowest BCUT2D eigenvalue weighted by atomic mass is 9.98. The zero-order chi connectivity index (χ0) is 37.4. The number of likely N-dealkylation sites (N-methyl/N-ethyl adjacent to an activating group) is 1. The lowest BCUT2D eigenvalue weighted by Crippen LogP contribution is -2.58. The van der Waals surface area contributed by atoms with E-state index in [0.29, 0.717) is 50.1 Å². The van der Waals surface area contributed by atoms with Crippen molar-refractivity contribution in [3.63, 3.8) is 0 Å². The highest BCUT2D eigenvalue weighted by Gasteiger charge is 2.33. The Labute approximate surface area is 297 Å². The van der Waals surface area contributed by atoms with Crippen LogP contribution in [0.4, 0.5) is 0 Å². The monoisotopic (exact) mass is 707 g/mol. The highest BCUT2D eigenvalue weighted by Crippen LogP contribution is 2.14. The van der Waals surface area contributed by atoms with Gasteiger partial charge in [0.05, 0.1) is 6.54 Å². The first-order valence-corrected chi connectivity index (χ1v) is 18.2. The normalized spacial score (nSPS) is 17.5. The van der Waals surface area contributed by atoms with Gasteiger partial charge in [-0.05, 0) is 56.9 Å². The number of nitrogens with zero attached hydrogens (tertiary/aromatic N) is 3. The molecule has 3 atom stereocenters. The second-order valence-electron chi connectivity index (χ2n) is 14.9. The predicted molar refractivity (Wildman–Crippen MR) is 187 cm³/mol. The minimum atomic E-state index is -0.903. The zero-order valence-corrected chi connectivity index (χ0v) is 31.2. The van der Waals surface area contributed by atoms with Gasteiger partial charge in [0, 0.05) is 52.0 Å². The number of hydroxylamine groups is 2. The summed E-state index contributed by atoms with van der Waals surface area (Å²) in [6, 6.07) is -2.53. The number of piperazine rings is 1. The molecule has 0 radical (unpaired) electrons. The molecule has 0 aromatic carbocycles. The molecule has 0 saturated carbocycles. The molecule has 0 aromatic rings. The summed E-state index contributed by atoms with van der Waals surface area (Å²) in [6.45, 7) is 15.5. The van der Waals surface area contributed by atoms with Gasteiger partial charge in [0.1, 0.15) is 18.1 Å². The first-order chi connectivity index (χ1) is 23.5. The van der Waals surface area contributed by atoms with Crippen LogP contribution < -0.4 is 21.3 Å². The standard InChI is InChI=1S/C35H61N7O8/c1-23(2)19-26(33(47)36-14-10-8-9-11-32(46)50-42-30(44)12-13-31(42)45)38-35(49)28(21-25(5)6)39-34(48)27(20-24(3)4)37-29(43)22-41-17-15-40(7)16-18-41/h23-28H,8-22H2,1-7H3,(H,36,47)(H,37,43)(H,38,49)(H,39,48). The molecule has 284 valence electrons. The lowest BCUT2D eigenvalue weighted by molar-refractivity contribution is -0.197. The van der Waals surface area contributed by atoms with Crippen molar-refractivity contribution in [2.45, 2.75) is 117 Å². The molecule has 2 aliphatic rings. The van der Waals surface area contributed by atoms with E-state index in [4.69, 9.17) is 4.84 Å². The Hall–Kier alpha value is -3.59. The van der Waals surface area contributed by atoms with Crippen LogP contribution in [0.25, 0.3) is 0 Å². The summed E-state index contributed by atoms with van der Waals surface area (Å²) in [5.41, 5.74) is 0. The Morgan fingerprint density at radius 2 is 1.14 bits per heavy atom. The molecular formula is C35H61N7O8. The van der Waals surface area contributed by atoms with E-state index in [-0.39, 0.29) is 55.4 Å².